The second kappa shape index (κ2) is 9.48. The van der Waals surface area contributed by atoms with E-state index in [4.69, 9.17) is 16.3 Å². The lowest BCUT2D eigenvalue weighted by molar-refractivity contribution is -0.138. The van der Waals surface area contributed by atoms with Gasteiger partial charge in [-0.05, 0) is 23.8 Å². The largest absolute Gasteiger partial charge is 0.487 e. The highest BCUT2D eigenvalue weighted by Crippen LogP contribution is 2.30. The highest BCUT2D eigenvalue weighted by atomic mass is 35.5. The molecule has 0 spiro atoms. The van der Waals surface area contributed by atoms with Crippen LogP contribution in [0.2, 0.25) is 5.02 Å². The molecule has 0 aromatic heterocycles. The van der Waals surface area contributed by atoms with Crippen LogP contribution < -0.4 is 10.1 Å². The Bertz CT molecular complexity index is 805. The van der Waals surface area contributed by atoms with Gasteiger partial charge < -0.3 is 19.5 Å². The minimum Gasteiger partial charge on any atom is -0.487 e. The molecule has 0 saturated carbocycles. The summed E-state index contributed by atoms with van der Waals surface area (Å²) in [7, 11) is 2.42. The summed E-state index contributed by atoms with van der Waals surface area (Å²) in [5.74, 6) is -0.978. The van der Waals surface area contributed by atoms with E-state index >= 15 is 0 Å². The Morgan fingerprint density at radius 2 is 1.81 bits per heavy atom. The molecule has 0 unspecified atom stereocenters. The molecule has 26 heavy (non-hydrogen) atoms. The first-order chi connectivity index (χ1) is 12.5. The Kier molecular flexibility index (Phi) is 7.05. The molecule has 0 bridgehead atoms. The molecule has 0 aliphatic heterocycles. The van der Waals surface area contributed by atoms with E-state index < -0.39 is 11.9 Å². The zero-order valence-electron chi connectivity index (χ0n) is 14.3. The molecule has 0 heterocycles. The van der Waals surface area contributed by atoms with Crippen LogP contribution >= 0.6 is 11.6 Å². The van der Waals surface area contributed by atoms with Gasteiger partial charge in [0.1, 0.15) is 18.1 Å². The first-order valence-corrected chi connectivity index (χ1v) is 8.02. The second-order valence-corrected chi connectivity index (χ2v) is 5.55. The summed E-state index contributed by atoms with van der Waals surface area (Å²) < 4.78 is 15.0. The summed E-state index contributed by atoms with van der Waals surface area (Å²) >= 11 is 6.04. The SMILES string of the molecule is COC(=O)/C=C(/Nc1cc(Cl)ccc1OCc1ccccc1)C(=O)OC. The monoisotopic (exact) mass is 375 g/mol. The number of anilines is 1. The molecule has 0 saturated heterocycles. The number of methoxy groups -OCH3 is 2. The van der Waals surface area contributed by atoms with E-state index in [0.29, 0.717) is 23.1 Å². The number of nitrogens with one attached hydrogen (secondary N) is 1. The van der Waals surface area contributed by atoms with Crippen LogP contribution in [0.4, 0.5) is 5.69 Å². The van der Waals surface area contributed by atoms with Crippen LogP contribution in [0.5, 0.6) is 5.75 Å². The average molecular weight is 376 g/mol. The summed E-state index contributed by atoms with van der Waals surface area (Å²) in [6.45, 7) is 0.325. The van der Waals surface area contributed by atoms with Crippen molar-refractivity contribution in [3.8, 4) is 5.75 Å². The summed E-state index contributed by atoms with van der Waals surface area (Å²) in [5.41, 5.74) is 1.28. The molecule has 2 aromatic rings. The number of rotatable bonds is 7. The van der Waals surface area contributed by atoms with E-state index in [1.54, 1.807) is 18.2 Å². The van der Waals surface area contributed by atoms with Crippen LogP contribution in [0.25, 0.3) is 0 Å². The lowest BCUT2D eigenvalue weighted by Gasteiger charge is -2.15. The van der Waals surface area contributed by atoms with Crippen molar-refractivity contribution in [2.75, 3.05) is 19.5 Å². The fourth-order valence-electron chi connectivity index (χ4n) is 2.04. The van der Waals surface area contributed by atoms with Crippen molar-refractivity contribution < 1.29 is 23.8 Å². The second-order valence-electron chi connectivity index (χ2n) is 5.11. The van der Waals surface area contributed by atoms with Gasteiger partial charge in [-0.3, -0.25) is 0 Å². The summed E-state index contributed by atoms with van der Waals surface area (Å²) in [6.07, 6.45) is 0.994. The molecule has 0 aliphatic rings. The maximum absolute atomic E-state index is 11.9. The lowest BCUT2D eigenvalue weighted by Crippen LogP contribution is -2.16. The van der Waals surface area contributed by atoms with Crippen molar-refractivity contribution in [3.05, 3.63) is 70.9 Å². The van der Waals surface area contributed by atoms with Gasteiger partial charge in [0.15, 0.2) is 0 Å². The molecule has 7 heteroatoms. The molecule has 0 aliphatic carbocycles. The lowest BCUT2D eigenvalue weighted by atomic mass is 10.2. The van der Waals surface area contributed by atoms with Gasteiger partial charge in [0.05, 0.1) is 26.0 Å². The van der Waals surface area contributed by atoms with Crippen LogP contribution in [0.15, 0.2) is 60.3 Å². The maximum atomic E-state index is 11.9. The Morgan fingerprint density at radius 1 is 1.08 bits per heavy atom. The van der Waals surface area contributed by atoms with E-state index in [0.717, 1.165) is 11.6 Å². The number of ether oxygens (including phenoxy) is 3. The molecular formula is C19H18ClNO5. The van der Waals surface area contributed by atoms with Gasteiger partial charge in [-0.1, -0.05) is 41.9 Å². The van der Waals surface area contributed by atoms with Gasteiger partial charge in [0.2, 0.25) is 0 Å². The topological polar surface area (TPSA) is 73.9 Å². The molecule has 6 nitrogen and oxygen atoms in total. The number of benzene rings is 2. The zero-order chi connectivity index (χ0) is 18.9. The fraction of sp³-hybridized carbons (Fsp3) is 0.158. The molecule has 2 aromatic carbocycles. The van der Waals surface area contributed by atoms with Gasteiger partial charge >= 0.3 is 11.9 Å². The van der Waals surface area contributed by atoms with Crippen molar-refractivity contribution in [2.45, 2.75) is 6.61 Å². The number of carbonyl (C=O) groups is 2. The summed E-state index contributed by atoms with van der Waals surface area (Å²) in [6, 6.07) is 14.5. The highest BCUT2D eigenvalue weighted by molar-refractivity contribution is 6.31. The highest BCUT2D eigenvalue weighted by Gasteiger charge is 2.15. The summed E-state index contributed by atoms with van der Waals surface area (Å²) in [5, 5.41) is 3.25. The predicted molar refractivity (Wildman–Crippen MR) is 98.0 cm³/mol. The number of hydrogen-bond donors (Lipinski definition) is 1. The molecule has 1 N–H and O–H groups in total. The van der Waals surface area contributed by atoms with Crippen LogP contribution in [-0.2, 0) is 25.7 Å². The van der Waals surface area contributed by atoms with Crippen molar-refractivity contribution in [1.82, 2.24) is 0 Å². The third-order valence-electron chi connectivity index (χ3n) is 3.32. The molecule has 136 valence electrons. The molecule has 0 fully saturated rings. The fourth-order valence-corrected chi connectivity index (χ4v) is 2.21. The molecule has 0 radical (unpaired) electrons. The van der Waals surface area contributed by atoms with Crippen molar-refractivity contribution in [1.29, 1.82) is 0 Å². The van der Waals surface area contributed by atoms with Crippen LogP contribution in [0.3, 0.4) is 0 Å². The first kappa shape index (κ1) is 19.3. The van der Waals surface area contributed by atoms with Crippen molar-refractivity contribution in [2.24, 2.45) is 0 Å². The van der Waals surface area contributed by atoms with E-state index in [-0.39, 0.29) is 5.70 Å². The van der Waals surface area contributed by atoms with Gasteiger partial charge in [0, 0.05) is 5.02 Å². The molecular weight excluding hydrogens is 358 g/mol. The van der Waals surface area contributed by atoms with Crippen LogP contribution in [0.1, 0.15) is 5.56 Å². The smallest absolute Gasteiger partial charge is 0.354 e. The average Bonchev–Trinajstić information content (AvgIpc) is 2.66. The van der Waals surface area contributed by atoms with E-state index in [1.165, 1.54) is 14.2 Å². The minimum absolute atomic E-state index is 0.105. The molecule has 2 rings (SSSR count). The predicted octanol–water partition coefficient (Wildman–Crippen LogP) is 3.56. The van der Waals surface area contributed by atoms with E-state index in [1.807, 2.05) is 30.3 Å². The minimum atomic E-state index is -0.732. The van der Waals surface area contributed by atoms with E-state index in [2.05, 4.69) is 14.8 Å². The quantitative estimate of drug-likeness (QED) is 0.589. The van der Waals surface area contributed by atoms with Crippen LogP contribution in [0, 0.1) is 0 Å². The Balaban J connectivity index is 2.26. The van der Waals surface area contributed by atoms with E-state index in [9.17, 15) is 9.59 Å². The van der Waals surface area contributed by atoms with Gasteiger partial charge in [-0.25, -0.2) is 9.59 Å². The molecule has 0 atom stereocenters. The summed E-state index contributed by atoms with van der Waals surface area (Å²) in [4.78, 5) is 23.4. The van der Waals surface area contributed by atoms with Gasteiger partial charge in [-0.15, -0.1) is 0 Å². The maximum Gasteiger partial charge on any atom is 0.354 e. The Morgan fingerprint density at radius 3 is 2.46 bits per heavy atom. The first-order valence-electron chi connectivity index (χ1n) is 7.64. The van der Waals surface area contributed by atoms with Crippen LogP contribution in [-0.4, -0.2) is 26.2 Å². The normalized spacial score (nSPS) is 10.8. The molecule has 0 amide bonds. The van der Waals surface area contributed by atoms with Gasteiger partial charge in [0.25, 0.3) is 0 Å². The van der Waals surface area contributed by atoms with Crippen molar-refractivity contribution in [3.63, 3.8) is 0 Å². The third-order valence-corrected chi connectivity index (χ3v) is 3.55. The number of halogens is 1. The third kappa shape index (κ3) is 5.53. The Hall–Kier alpha value is -2.99. The standard InChI is InChI=1S/C19H18ClNO5/c1-24-18(22)11-16(19(23)25-2)21-15-10-14(20)8-9-17(15)26-12-13-6-4-3-5-7-13/h3-11,21H,12H2,1-2H3/b16-11+. The van der Waals surface area contributed by atoms with Gasteiger partial charge in [-0.2, -0.15) is 0 Å². The Labute approximate surface area is 156 Å². The number of carbonyl (C=O) groups excluding carboxylic acids is 2. The zero-order valence-corrected chi connectivity index (χ0v) is 15.1. The number of esters is 2. The number of hydrogen-bond acceptors (Lipinski definition) is 6. The van der Waals surface area contributed by atoms with Crippen molar-refractivity contribution >= 4 is 29.2 Å².